The molecule has 3 rings (SSSR count). The van der Waals surface area contributed by atoms with Crippen LogP contribution in [-0.2, 0) is 0 Å². The summed E-state index contributed by atoms with van der Waals surface area (Å²) >= 11 is 0. The fraction of sp³-hybridized carbons (Fsp3) is 0.789. The summed E-state index contributed by atoms with van der Waals surface area (Å²) in [4.78, 5) is 0. The van der Waals surface area contributed by atoms with Gasteiger partial charge in [-0.3, -0.25) is 0 Å². The van der Waals surface area contributed by atoms with Crippen molar-refractivity contribution in [2.24, 2.45) is 23.7 Å². The maximum atomic E-state index is 4.02. The molecule has 1 nitrogen and oxygen atoms in total. The highest BCUT2D eigenvalue weighted by molar-refractivity contribution is 5.14. The Kier molecular flexibility index (Phi) is 4.65. The van der Waals surface area contributed by atoms with Crippen molar-refractivity contribution in [1.82, 2.24) is 5.32 Å². The summed E-state index contributed by atoms with van der Waals surface area (Å²) in [5, 5.41) is 3.83. The first-order chi connectivity index (χ1) is 9.76. The van der Waals surface area contributed by atoms with Gasteiger partial charge in [0.1, 0.15) is 0 Å². The molecule has 0 spiro atoms. The van der Waals surface area contributed by atoms with Crippen molar-refractivity contribution in [3.63, 3.8) is 0 Å². The highest BCUT2D eigenvalue weighted by Crippen LogP contribution is 2.45. The van der Waals surface area contributed by atoms with E-state index < -0.39 is 0 Å². The minimum Gasteiger partial charge on any atom is -0.310 e. The van der Waals surface area contributed by atoms with E-state index in [9.17, 15) is 0 Å². The molecule has 0 radical (unpaired) electrons. The molecular weight excluding hydrogens is 242 g/mol. The maximum absolute atomic E-state index is 4.02. The summed E-state index contributed by atoms with van der Waals surface area (Å²) < 4.78 is 0. The molecular formula is C19H31N. The third-order valence-electron chi connectivity index (χ3n) is 6.17. The number of rotatable bonds is 4. The van der Waals surface area contributed by atoms with Gasteiger partial charge in [-0.15, -0.1) is 6.58 Å². The Morgan fingerprint density at radius 2 is 2.00 bits per heavy atom. The van der Waals surface area contributed by atoms with Crippen LogP contribution >= 0.6 is 0 Å². The molecule has 1 heteroatoms. The van der Waals surface area contributed by atoms with Gasteiger partial charge in [0.15, 0.2) is 0 Å². The molecule has 0 heterocycles. The Morgan fingerprint density at radius 3 is 2.75 bits per heavy atom. The van der Waals surface area contributed by atoms with Gasteiger partial charge in [-0.05, 0) is 75.0 Å². The lowest BCUT2D eigenvalue weighted by Crippen LogP contribution is -2.35. The summed E-state index contributed by atoms with van der Waals surface area (Å²) in [6, 6.07) is 0.786. The van der Waals surface area contributed by atoms with E-state index in [1.54, 1.807) is 5.57 Å². The molecule has 0 saturated heterocycles. The Balaban J connectivity index is 1.46. The van der Waals surface area contributed by atoms with Gasteiger partial charge in [-0.1, -0.05) is 24.6 Å². The van der Waals surface area contributed by atoms with E-state index in [4.69, 9.17) is 0 Å². The molecule has 0 amide bonds. The average Bonchev–Trinajstić information content (AvgIpc) is 2.89. The third-order valence-corrected chi connectivity index (χ3v) is 6.17. The van der Waals surface area contributed by atoms with E-state index in [0.29, 0.717) is 0 Å². The first kappa shape index (κ1) is 14.4. The van der Waals surface area contributed by atoms with Crippen molar-refractivity contribution in [1.29, 1.82) is 0 Å². The van der Waals surface area contributed by atoms with Gasteiger partial charge in [-0.25, -0.2) is 0 Å². The standard InChI is InChI=1S/C19H31N/c1-3-16-7-8-17-12-15(6-11-19(16)17)13-20-18-9-4-14(2)5-10-18/h3,6,14,16-20H,1,4-5,7-13H2,2H3. The van der Waals surface area contributed by atoms with Crippen LogP contribution < -0.4 is 5.32 Å². The van der Waals surface area contributed by atoms with Gasteiger partial charge in [0.2, 0.25) is 0 Å². The maximum Gasteiger partial charge on any atom is 0.0167 e. The van der Waals surface area contributed by atoms with Gasteiger partial charge in [0.25, 0.3) is 0 Å². The number of fused-ring (bicyclic) bond motifs is 1. The van der Waals surface area contributed by atoms with E-state index in [1.165, 1.54) is 51.4 Å². The van der Waals surface area contributed by atoms with Crippen molar-refractivity contribution in [3.8, 4) is 0 Å². The minimum atomic E-state index is 0.786. The van der Waals surface area contributed by atoms with Gasteiger partial charge >= 0.3 is 0 Å². The molecule has 20 heavy (non-hydrogen) atoms. The highest BCUT2D eigenvalue weighted by atomic mass is 14.9. The molecule has 0 aromatic carbocycles. The zero-order chi connectivity index (χ0) is 13.9. The monoisotopic (exact) mass is 273 g/mol. The molecule has 2 saturated carbocycles. The van der Waals surface area contributed by atoms with Crippen molar-refractivity contribution in [2.75, 3.05) is 6.54 Å². The van der Waals surface area contributed by atoms with Crippen LogP contribution in [0.3, 0.4) is 0 Å². The average molecular weight is 273 g/mol. The molecule has 0 aromatic rings. The van der Waals surface area contributed by atoms with E-state index in [1.807, 2.05) is 0 Å². The van der Waals surface area contributed by atoms with Gasteiger partial charge in [-0.2, -0.15) is 0 Å². The second kappa shape index (κ2) is 6.47. The molecule has 1 N–H and O–H groups in total. The summed E-state index contributed by atoms with van der Waals surface area (Å²) in [6.07, 6.45) is 15.8. The SMILES string of the molecule is C=CC1CCC2CC(CNC3CCC(C)CC3)=CCC12. The third kappa shape index (κ3) is 3.19. The Bertz CT molecular complexity index is 362. The molecule has 3 aliphatic carbocycles. The van der Waals surface area contributed by atoms with Crippen LogP contribution in [0.5, 0.6) is 0 Å². The first-order valence-corrected chi connectivity index (χ1v) is 8.80. The Hall–Kier alpha value is -0.560. The van der Waals surface area contributed by atoms with Crippen LogP contribution in [0.25, 0.3) is 0 Å². The Morgan fingerprint density at radius 1 is 1.20 bits per heavy atom. The second-order valence-corrected chi connectivity index (χ2v) is 7.54. The zero-order valence-corrected chi connectivity index (χ0v) is 13.1. The van der Waals surface area contributed by atoms with E-state index >= 15 is 0 Å². The van der Waals surface area contributed by atoms with Crippen molar-refractivity contribution < 1.29 is 0 Å². The lowest BCUT2D eigenvalue weighted by atomic mass is 9.78. The predicted octanol–water partition coefficient (Wildman–Crippen LogP) is 4.70. The minimum absolute atomic E-state index is 0.786. The van der Waals surface area contributed by atoms with Gasteiger partial charge < -0.3 is 5.32 Å². The molecule has 0 aliphatic heterocycles. The lowest BCUT2D eigenvalue weighted by molar-refractivity contribution is 0.302. The lowest BCUT2D eigenvalue weighted by Gasteiger charge is -2.31. The van der Waals surface area contributed by atoms with Crippen LogP contribution in [-0.4, -0.2) is 12.6 Å². The molecule has 3 aliphatic rings. The molecule has 3 atom stereocenters. The van der Waals surface area contributed by atoms with E-state index in [-0.39, 0.29) is 0 Å². The summed E-state index contributed by atoms with van der Waals surface area (Å²) in [6.45, 7) is 7.58. The van der Waals surface area contributed by atoms with Gasteiger partial charge in [0.05, 0.1) is 0 Å². The second-order valence-electron chi connectivity index (χ2n) is 7.54. The van der Waals surface area contributed by atoms with E-state index in [2.05, 4.69) is 31.0 Å². The van der Waals surface area contributed by atoms with Crippen LogP contribution in [0.1, 0.15) is 58.3 Å². The van der Waals surface area contributed by atoms with Gasteiger partial charge in [0, 0.05) is 12.6 Å². The number of nitrogens with one attached hydrogen (secondary N) is 1. The molecule has 2 fully saturated rings. The molecule has 3 unspecified atom stereocenters. The van der Waals surface area contributed by atoms with Crippen molar-refractivity contribution >= 4 is 0 Å². The summed E-state index contributed by atoms with van der Waals surface area (Å²) in [7, 11) is 0. The summed E-state index contributed by atoms with van der Waals surface area (Å²) in [5.41, 5.74) is 1.69. The normalized spacial score (nSPS) is 41.0. The number of hydrogen-bond acceptors (Lipinski definition) is 1. The van der Waals surface area contributed by atoms with Crippen molar-refractivity contribution in [3.05, 3.63) is 24.3 Å². The molecule has 0 aromatic heterocycles. The summed E-state index contributed by atoms with van der Waals surface area (Å²) in [5.74, 6) is 3.61. The zero-order valence-electron chi connectivity index (χ0n) is 13.1. The van der Waals surface area contributed by atoms with Crippen LogP contribution in [0.4, 0.5) is 0 Å². The van der Waals surface area contributed by atoms with E-state index in [0.717, 1.165) is 36.3 Å². The predicted molar refractivity (Wildman–Crippen MR) is 86.6 cm³/mol. The largest absolute Gasteiger partial charge is 0.310 e. The quantitative estimate of drug-likeness (QED) is 0.732. The number of allylic oxidation sites excluding steroid dienone is 2. The van der Waals surface area contributed by atoms with Crippen LogP contribution in [0, 0.1) is 23.7 Å². The molecule has 112 valence electrons. The van der Waals surface area contributed by atoms with Crippen molar-refractivity contribution in [2.45, 2.75) is 64.3 Å². The highest BCUT2D eigenvalue weighted by Gasteiger charge is 2.36. The first-order valence-electron chi connectivity index (χ1n) is 8.80. The topological polar surface area (TPSA) is 12.0 Å². The Labute approximate surface area is 124 Å². The van der Waals surface area contributed by atoms with Crippen LogP contribution in [0.2, 0.25) is 0 Å². The number of hydrogen-bond donors (Lipinski definition) is 1. The smallest absolute Gasteiger partial charge is 0.0167 e. The fourth-order valence-corrected chi connectivity index (χ4v) is 4.70. The fourth-order valence-electron chi connectivity index (χ4n) is 4.70. The molecule has 0 bridgehead atoms. The van der Waals surface area contributed by atoms with Crippen LogP contribution in [0.15, 0.2) is 24.3 Å².